The number of benzene rings is 2. The van der Waals surface area contributed by atoms with Gasteiger partial charge in [-0.15, -0.1) is 0 Å². The second kappa shape index (κ2) is 10.4. The van der Waals surface area contributed by atoms with Crippen molar-refractivity contribution in [2.24, 2.45) is 11.8 Å². The number of nitrogens with zero attached hydrogens (tertiary/aromatic N) is 1. The van der Waals surface area contributed by atoms with Gasteiger partial charge in [0.25, 0.3) is 0 Å². The van der Waals surface area contributed by atoms with Gasteiger partial charge in [-0.1, -0.05) is 49.4 Å². The first kappa shape index (κ1) is 27.3. The smallest absolute Gasteiger partial charge is 0.312 e. The van der Waals surface area contributed by atoms with E-state index in [9.17, 15) is 19.5 Å². The van der Waals surface area contributed by atoms with Crippen LogP contribution in [-0.4, -0.2) is 64.3 Å². The van der Waals surface area contributed by atoms with Crippen LogP contribution in [0.15, 0.2) is 48.5 Å². The Morgan fingerprint density at radius 1 is 1.15 bits per heavy atom. The van der Waals surface area contributed by atoms with E-state index in [1.807, 2.05) is 69.3 Å². The molecule has 2 N–H and O–H groups in total. The van der Waals surface area contributed by atoms with Crippen molar-refractivity contribution in [1.29, 1.82) is 0 Å². The van der Waals surface area contributed by atoms with Gasteiger partial charge in [0.2, 0.25) is 11.8 Å². The summed E-state index contributed by atoms with van der Waals surface area (Å²) in [5.41, 5.74) is 1.45. The number of nitrogens with one attached hydrogen (secondary N) is 1. The van der Waals surface area contributed by atoms with E-state index < -0.39 is 41.1 Å². The zero-order valence-corrected chi connectivity index (χ0v) is 23.1. The average Bonchev–Trinajstić information content (AvgIpc) is 3.53. The van der Waals surface area contributed by atoms with E-state index in [-0.39, 0.29) is 25.0 Å². The molecule has 2 aromatic carbocycles. The molecule has 0 radical (unpaired) electrons. The molecule has 0 aliphatic carbocycles. The van der Waals surface area contributed by atoms with Gasteiger partial charge >= 0.3 is 5.97 Å². The molecule has 3 heterocycles. The maximum absolute atomic E-state index is 14.4. The molecule has 3 aliphatic heterocycles. The molecule has 3 fully saturated rings. The summed E-state index contributed by atoms with van der Waals surface area (Å²) in [6.45, 7) is 7.42. The molecule has 3 aliphatic rings. The minimum atomic E-state index is -1.18. The van der Waals surface area contributed by atoms with Crippen LogP contribution in [0.5, 0.6) is 0 Å². The molecule has 6 atom stereocenters. The number of hydrogen-bond donors (Lipinski definition) is 2. The van der Waals surface area contributed by atoms with Crippen LogP contribution in [0.4, 0.5) is 5.69 Å². The van der Waals surface area contributed by atoms with Crippen LogP contribution in [0, 0.1) is 25.7 Å². The summed E-state index contributed by atoms with van der Waals surface area (Å²) in [6, 6.07) is 13.7. The molecular formula is C31H38N2O6. The number of anilines is 1. The number of likely N-dealkylation sites (tertiary alicyclic amines) is 1. The summed E-state index contributed by atoms with van der Waals surface area (Å²) in [4.78, 5) is 43.5. The second-order valence-corrected chi connectivity index (χ2v) is 11.2. The average molecular weight is 535 g/mol. The largest absolute Gasteiger partial charge is 0.466 e. The van der Waals surface area contributed by atoms with Gasteiger partial charge in [-0.25, -0.2) is 0 Å². The minimum Gasteiger partial charge on any atom is -0.466 e. The lowest BCUT2D eigenvalue weighted by Crippen LogP contribution is -2.57. The second-order valence-electron chi connectivity index (χ2n) is 11.2. The van der Waals surface area contributed by atoms with E-state index in [0.717, 1.165) is 16.7 Å². The summed E-state index contributed by atoms with van der Waals surface area (Å²) in [6.07, 6.45) is 1.92. The molecule has 39 heavy (non-hydrogen) atoms. The lowest BCUT2D eigenvalue weighted by Gasteiger charge is -2.37. The van der Waals surface area contributed by atoms with Gasteiger partial charge in [0, 0.05) is 5.69 Å². The van der Waals surface area contributed by atoms with Crippen molar-refractivity contribution >= 4 is 23.5 Å². The molecule has 0 saturated carbocycles. The van der Waals surface area contributed by atoms with Crippen LogP contribution < -0.4 is 5.32 Å². The standard InChI is InChI=1S/C31H38N2O6/c1-5-30-14-15-31(39-30)24(25(30)29(37)38-6-2)28(36)33(22(18-34)17-21-10-8-7-9-11-21)26(31)27(35)32-23-16-19(3)12-13-20(23)4/h7-13,16,22,24-26,34H,5-6,14-15,17-18H2,1-4H3,(H,32,35)/t22-,24+,25-,26?,30+,31?/m1/s1. The molecule has 0 aromatic heterocycles. The highest BCUT2D eigenvalue weighted by Gasteiger charge is 2.79. The van der Waals surface area contributed by atoms with E-state index in [0.29, 0.717) is 31.4 Å². The van der Waals surface area contributed by atoms with E-state index in [4.69, 9.17) is 9.47 Å². The number of esters is 1. The zero-order valence-electron chi connectivity index (χ0n) is 23.1. The van der Waals surface area contributed by atoms with Gasteiger partial charge < -0.3 is 24.8 Å². The lowest BCUT2D eigenvalue weighted by molar-refractivity contribution is -0.161. The molecule has 2 aromatic rings. The Morgan fingerprint density at radius 3 is 2.56 bits per heavy atom. The van der Waals surface area contributed by atoms with Gasteiger partial charge in [-0.05, 0) is 69.2 Å². The van der Waals surface area contributed by atoms with Crippen LogP contribution in [-0.2, 0) is 30.3 Å². The van der Waals surface area contributed by atoms with Crippen LogP contribution in [0.1, 0.15) is 49.8 Å². The number of aryl methyl sites for hydroxylation is 2. The van der Waals surface area contributed by atoms with Crippen molar-refractivity contribution in [2.45, 2.75) is 76.7 Å². The number of ether oxygens (including phenoxy) is 2. The fraction of sp³-hybridized carbons (Fsp3) is 0.516. The number of carbonyl (C=O) groups is 3. The number of hydrogen-bond acceptors (Lipinski definition) is 6. The Balaban J connectivity index is 1.60. The Hall–Kier alpha value is -3.23. The van der Waals surface area contributed by atoms with Crippen molar-refractivity contribution in [2.75, 3.05) is 18.5 Å². The summed E-state index contributed by atoms with van der Waals surface area (Å²) in [5, 5.41) is 13.6. The molecule has 5 rings (SSSR count). The molecule has 2 bridgehead atoms. The molecule has 8 nitrogen and oxygen atoms in total. The monoisotopic (exact) mass is 534 g/mol. The Kier molecular flexibility index (Phi) is 7.29. The predicted molar refractivity (Wildman–Crippen MR) is 146 cm³/mol. The minimum absolute atomic E-state index is 0.191. The third kappa shape index (κ3) is 4.34. The fourth-order valence-corrected chi connectivity index (χ4v) is 7.15. The number of aliphatic hydroxyl groups is 1. The van der Waals surface area contributed by atoms with Crippen LogP contribution >= 0.6 is 0 Å². The van der Waals surface area contributed by atoms with Crippen molar-refractivity contribution < 1.29 is 29.0 Å². The first-order chi connectivity index (χ1) is 18.7. The summed E-state index contributed by atoms with van der Waals surface area (Å²) in [7, 11) is 0. The third-order valence-corrected chi connectivity index (χ3v) is 8.98. The zero-order chi connectivity index (χ0) is 27.9. The Labute approximate surface area is 229 Å². The van der Waals surface area contributed by atoms with Crippen LogP contribution in [0.25, 0.3) is 0 Å². The van der Waals surface area contributed by atoms with Crippen LogP contribution in [0.2, 0.25) is 0 Å². The van der Waals surface area contributed by atoms with Gasteiger partial charge in [0.1, 0.15) is 17.6 Å². The van der Waals surface area contributed by atoms with Crippen molar-refractivity contribution in [3.8, 4) is 0 Å². The highest BCUT2D eigenvalue weighted by Crippen LogP contribution is 2.64. The molecule has 1 spiro atoms. The Morgan fingerprint density at radius 2 is 1.90 bits per heavy atom. The topological polar surface area (TPSA) is 105 Å². The van der Waals surface area contributed by atoms with E-state index >= 15 is 0 Å². The van der Waals surface area contributed by atoms with Crippen molar-refractivity contribution in [3.05, 3.63) is 65.2 Å². The van der Waals surface area contributed by atoms with Gasteiger partial charge in [0.05, 0.1) is 30.8 Å². The SMILES string of the molecule is CCOC(=O)[C@H]1[C@H]2C(=O)N([C@@H](CO)Cc3ccccc3)C(C(=O)Nc3cc(C)ccc3C)C23CC[C@]1(CC)O3. The molecule has 3 saturated heterocycles. The highest BCUT2D eigenvalue weighted by molar-refractivity contribution is 6.04. The quantitative estimate of drug-likeness (QED) is 0.477. The lowest BCUT2D eigenvalue weighted by atomic mass is 9.65. The fourth-order valence-electron chi connectivity index (χ4n) is 7.15. The van der Waals surface area contributed by atoms with Crippen LogP contribution in [0.3, 0.4) is 0 Å². The van der Waals surface area contributed by atoms with Crippen molar-refractivity contribution in [3.63, 3.8) is 0 Å². The number of aliphatic hydroxyl groups excluding tert-OH is 1. The maximum atomic E-state index is 14.4. The predicted octanol–water partition coefficient (Wildman–Crippen LogP) is 3.56. The van der Waals surface area contributed by atoms with Gasteiger partial charge in [0.15, 0.2) is 0 Å². The molecule has 2 unspecified atom stereocenters. The molecule has 2 amide bonds. The van der Waals surface area contributed by atoms with E-state index in [1.54, 1.807) is 6.92 Å². The first-order valence-electron chi connectivity index (χ1n) is 13.9. The van der Waals surface area contributed by atoms with Gasteiger partial charge in [-0.2, -0.15) is 0 Å². The van der Waals surface area contributed by atoms with E-state index in [2.05, 4.69) is 5.32 Å². The highest BCUT2D eigenvalue weighted by atomic mass is 16.6. The van der Waals surface area contributed by atoms with E-state index in [1.165, 1.54) is 4.90 Å². The number of amides is 2. The summed E-state index contributed by atoms with van der Waals surface area (Å²) < 4.78 is 12.2. The summed E-state index contributed by atoms with van der Waals surface area (Å²) in [5.74, 6) is -2.83. The maximum Gasteiger partial charge on any atom is 0.312 e. The number of fused-ring (bicyclic) bond motifs is 1. The summed E-state index contributed by atoms with van der Waals surface area (Å²) >= 11 is 0. The molecule has 8 heteroatoms. The Bertz CT molecular complexity index is 1260. The molecular weight excluding hydrogens is 496 g/mol. The van der Waals surface area contributed by atoms with Crippen molar-refractivity contribution in [1.82, 2.24) is 4.90 Å². The molecule has 208 valence electrons. The first-order valence-corrected chi connectivity index (χ1v) is 13.9. The number of carbonyl (C=O) groups excluding carboxylic acids is 3. The number of rotatable bonds is 9. The third-order valence-electron chi connectivity index (χ3n) is 8.98. The normalized spacial score (nSPS) is 29.8. The van der Waals surface area contributed by atoms with Gasteiger partial charge in [-0.3, -0.25) is 14.4 Å².